The van der Waals surface area contributed by atoms with Crippen molar-refractivity contribution in [2.45, 2.75) is 36.8 Å². The van der Waals surface area contributed by atoms with Crippen LogP contribution in [0.25, 0.3) is 0 Å². The molecule has 2 N–H and O–H groups in total. The lowest BCUT2D eigenvalue weighted by Crippen LogP contribution is -2.41. The molecule has 0 radical (unpaired) electrons. The number of hydrogen-bond acceptors (Lipinski definition) is 6. The zero-order valence-electron chi connectivity index (χ0n) is 20.5. The fraction of sp³-hybridized carbons (Fsp3) is 0.167. The van der Waals surface area contributed by atoms with E-state index in [1.807, 2.05) is 67.6 Å². The van der Waals surface area contributed by atoms with Gasteiger partial charge >= 0.3 is 16.1 Å². The first kappa shape index (κ1) is 26.1. The molecular formula is C30H29NO5S. The second-order valence-corrected chi connectivity index (χ2v) is 10.6. The molecule has 4 aromatic carbocycles. The molecule has 4 aromatic rings. The monoisotopic (exact) mass is 515 g/mol. The molecule has 0 aliphatic carbocycles. The molecule has 0 amide bonds. The molecule has 4 rings (SSSR count). The van der Waals surface area contributed by atoms with Crippen molar-refractivity contribution < 1.29 is 22.1 Å². The summed E-state index contributed by atoms with van der Waals surface area (Å²) in [5.74, 6) is -0.275. The standard InChI is InChI=1S/C30H29NO5S/c1-23-12-18-28(19-13-23)37(33,34)36-27-16-14-26(15-17-27)30(31,20-24-8-4-2-5-9-24)21-29(32)35-22-25-10-6-3-7-11-25/h2-19H,20-22,31H2,1H3. The molecule has 0 aliphatic rings. The Labute approximate surface area is 217 Å². The summed E-state index contributed by atoms with van der Waals surface area (Å²) in [6, 6.07) is 32.0. The number of ether oxygens (including phenoxy) is 1. The van der Waals surface area contributed by atoms with Crippen molar-refractivity contribution in [2.24, 2.45) is 5.73 Å². The van der Waals surface area contributed by atoms with Crippen molar-refractivity contribution in [1.82, 2.24) is 0 Å². The maximum absolute atomic E-state index is 12.8. The van der Waals surface area contributed by atoms with Gasteiger partial charge in [0.1, 0.15) is 17.3 Å². The van der Waals surface area contributed by atoms with Gasteiger partial charge in [0.15, 0.2) is 0 Å². The van der Waals surface area contributed by atoms with E-state index in [-0.39, 0.29) is 23.7 Å². The van der Waals surface area contributed by atoms with E-state index < -0.39 is 21.6 Å². The first-order valence-electron chi connectivity index (χ1n) is 11.9. The summed E-state index contributed by atoms with van der Waals surface area (Å²) in [5, 5.41) is 0. The Kier molecular flexibility index (Phi) is 8.06. The Morgan fingerprint density at radius 3 is 1.95 bits per heavy atom. The summed E-state index contributed by atoms with van der Waals surface area (Å²) in [5.41, 5.74) is 9.22. The van der Waals surface area contributed by atoms with E-state index in [4.69, 9.17) is 14.7 Å². The van der Waals surface area contributed by atoms with Crippen LogP contribution in [0.3, 0.4) is 0 Å². The molecule has 0 saturated carbocycles. The van der Waals surface area contributed by atoms with E-state index in [2.05, 4.69) is 0 Å². The Morgan fingerprint density at radius 1 is 0.784 bits per heavy atom. The van der Waals surface area contributed by atoms with E-state index in [9.17, 15) is 13.2 Å². The zero-order valence-corrected chi connectivity index (χ0v) is 21.4. The number of carbonyl (C=O) groups excluding carboxylic acids is 1. The highest BCUT2D eigenvalue weighted by atomic mass is 32.2. The third kappa shape index (κ3) is 7.06. The lowest BCUT2D eigenvalue weighted by atomic mass is 9.82. The van der Waals surface area contributed by atoms with E-state index in [1.165, 1.54) is 12.1 Å². The quantitative estimate of drug-likeness (QED) is 0.228. The van der Waals surface area contributed by atoms with Gasteiger partial charge < -0.3 is 14.7 Å². The van der Waals surface area contributed by atoms with Crippen molar-refractivity contribution in [3.63, 3.8) is 0 Å². The smallest absolute Gasteiger partial charge is 0.339 e. The van der Waals surface area contributed by atoms with Gasteiger partial charge in [-0.05, 0) is 54.3 Å². The van der Waals surface area contributed by atoms with Gasteiger partial charge in [0.25, 0.3) is 0 Å². The van der Waals surface area contributed by atoms with E-state index in [1.54, 1.807) is 36.4 Å². The molecule has 1 unspecified atom stereocenters. The summed E-state index contributed by atoms with van der Waals surface area (Å²) in [7, 11) is -3.99. The summed E-state index contributed by atoms with van der Waals surface area (Å²) < 4.78 is 36.2. The van der Waals surface area contributed by atoms with E-state index in [0.717, 1.165) is 16.7 Å². The van der Waals surface area contributed by atoms with Crippen LogP contribution >= 0.6 is 0 Å². The predicted molar refractivity (Wildman–Crippen MR) is 142 cm³/mol. The molecule has 0 aliphatic heterocycles. The molecule has 6 nitrogen and oxygen atoms in total. The van der Waals surface area contributed by atoms with Gasteiger partial charge in [0.05, 0.1) is 12.0 Å². The summed E-state index contributed by atoms with van der Waals surface area (Å²) in [6.45, 7) is 2.03. The van der Waals surface area contributed by atoms with Gasteiger partial charge in [-0.2, -0.15) is 8.42 Å². The van der Waals surface area contributed by atoms with Gasteiger partial charge in [-0.1, -0.05) is 90.5 Å². The lowest BCUT2D eigenvalue weighted by molar-refractivity contribution is -0.146. The van der Waals surface area contributed by atoms with Gasteiger partial charge in [0, 0.05) is 0 Å². The van der Waals surface area contributed by atoms with Crippen LogP contribution in [0.1, 0.15) is 28.7 Å². The number of aryl methyl sites for hydroxylation is 1. The molecule has 0 aromatic heterocycles. The minimum Gasteiger partial charge on any atom is -0.461 e. The van der Waals surface area contributed by atoms with E-state index in [0.29, 0.717) is 12.0 Å². The fourth-order valence-electron chi connectivity index (χ4n) is 4.00. The van der Waals surface area contributed by atoms with E-state index >= 15 is 0 Å². The van der Waals surface area contributed by atoms with Gasteiger partial charge in [-0.15, -0.1) is 0 Å². The van der Waals surface area contributed by atoms with Crippen molar-refractivity contribution in [3.8, 4) is 5.75 Å². The largest absolute Gasteiger partial charge is 0.461 e. The fourth-order valence-corrected chi connectivity index (χ4v) is 4.93. The van der Waals surface area contributed by atoms with Gasteiger partial charge in [-0.3, -0.25) is 4.79 Å². The maximum atomic E-state index is 12.8. The van der Waals surface area contributed by atoms with Crippen LogP contribution in [0.2, 0.25) is 0 Å². The van der Waals surface area contributed by atoms with Crippen LogP contribution < -0.4 is 9.92 Å². The summed E-state index contributed by atoms with van der Waals surface area (Å²) >= 11 is 0. The second-order valence-electron chi connectivity index (χ2n) is 9.02. The number of rotatable bonds is 10. The first-order chi connectivity index (χ1) is 17.7. The average molecular weight is 516 g/mol. The van der Waals surface area contributed by atoms with Crippen LogP contribution in [-0.4, -0.2) is 14.4 Å². The third-order valence-electron chi connectivity index (χ3n) is 6.01. The minimum atomic E-state index is -3.99. The SMILES string of the molecule is Cc1ccc(S(=O)(=O)Oc2ccc(C(N)(CC(=O)OCc3ccccc3)Cc3ccccc3)cc2)cc1. The number of carbonyl (C=O) groups is 1. The second kappa shape index (κ2) is 11.4. The zero-order chi connectivity index (χ0) is 26.3. The minimum absolute atomic E-state index is 0.0589. The number of benzene rings is 4. The number of nitrogens with two attached hydrogens (primary N) is 1. The average Bonchev–Trinajstić information content (AvgIpc) is 2.89. The van der Waals surface area contributed by atoms with Crippen molar-refractivity contribution in [2.75, 3.05) is 0 Å². The summed E-state index contributed by atoms with van der Waals surface area (Å²) in [6.07, 6.45) is 0.326. The highest BCUT2D eigenvalue weighted by Crippen LogP contribution is 2.30. The Balaban J connectivity index is 1.53. The van der Waals surface area contributed by atoms with Crippen LogP contribution in [0.5, 0.6) is 5.75 Å². The highest BCUT2D eigenvalue weighted by molar-refractivity contribution is 7.87. The normalized spacial score (nSPS) is 12.9. The maximum Gasteiger partial charge on any atom is 0.339 e. The molecular weight excluding hydrogens is 486 g/mol. The predicted octanol–water partition coefficient (Wildman–Crippen LogP) is 5.29. The summed E-state index contributed by atoms with van der Waals surface area (Å²) in [4.78, 5) is 12.9. The highest BCUT2D eigenvalue weighted by Gasteiger charge is 2.32. The molecule has 190 valence electrons. The van der Waals surface area contributed by atoms with Crippen molar-refractivity contribution in [1.29, 1.82) is 0 Å². The molecule has 37 heavy (non-hydrogen) atoms. The molecule has 0 heterocycles. The van der Waals surface area contributed by atoms with Crippen LogP contribution in [0.15, 0.2) is 114 Å². The van der Waals surface area contributed by atoms with Gasteiger partial charge in [-0.25, -0.2) is 0 Å². The first-order valence-corrected chi connectivity index (χ1v) is 13.3. The Hall–Kier alpha value is -3.94. The topological polar surface area (TPSA) is 95.7 Å². The molecule has 0 spiro atoms. The van der Waals surface area contributed by atoms with Crippen LogP contribution in [-0.2, 0) is 38.2 Å². The third-order valence-corrected chi connectivity index (χ3v) is 7.27. The number of esters is 1. The lowest BCUT2D eigenvalue weighted by Gasteiger charge is -2.29. The van der Waals surface area contributed by atoms with Crippen molar-refractivity contribution in [3.05, 3.63) is 131 Å². The van der Waals surface area contributed by atoms with Crippen LogP contribution in [0, 0.1) is 6.92 Å². The molecule has 7 heteroatoms. The van der Waals surface area contributed by atoms with Crippen molar-refractivity contribution >= 4 is 16.1 Å². The van der Waals surface area contributed by atoms with Gasteiger partial charge in [0.2, 0.25) is 0 Å². The Bertz CT molecular complexity index is 1420. The molecule has 0 saturated heterocycles. The van der Waals surface area contributed by atoms with Crippen LogP contribution in [0.4, 0.5) is 0 Å². The number of hydrogen-bond donors (Lipinski definition) is 1. The Morgan fingerprint density at radius 2 is 1.35 bits per heavy atom. The molecule has 0 bridgehead atoms. The molecule has 0 fully saturated rings. The molecule has 1 atom stereocenters.